The highest BCUT2D eigenvalue weighted by Crippen LogP contribution is 2.38. The Kier molecular flexibility index (Phi) is 5.34. The van der Waals surface area contributed by atoms with E-state index in [0.29, 0.717) is 28.0 Å². The number of nitrogens with one attached hydrogen (secondary N) is 1. The first-order valence-electron chi connectivity index (χ1n) is 11.8. The highest BCUT2D eigenvalue weighted by Gasteiger charge is 2.29. The van der Waals surface area contributed by atoms with Crippen molar-refractivity contribution >= 4 is 50.1 Å². The summed E-state index contributed by atoms with van der Waals surface area (Å²) < 4.78 is 11.4. The van der Waals surface area contributed by atoms with E-state index in [1.807, 2.05) is 56.3 Å². The van der Waals surface area contributed by atoms with Crippen molar-refractivity contribution in [2.45, 2.75) is 39.7 Å². The van der Waals surface area contributed by atoms with Crippen LogP contribution in [-0.2, 0) is 11.2 Å². The van der Waals surface area contributed by atoms with Gasteiger partial charge in [0.15, 0.2) is 11.9 Å². The van der Waals surface area contributed by atoms with E-state index in [1.165, 1.54) is 11.3 Å². The van der Waals surface area contributed by atoms with Gasteiger partial charge in [0.1, 0.15) is 10.6 Å². The molecule has 180 valence electrons. The van der Waals surface area contributed by atoms with E-state index in [2.05, 4.69) is 9.97 Å². The highest BCUT2D eigenvalue weighted by molar-refractivity contribution is 7.18. The molecule has 0 bridgehead atoms. The van der Waals surface area contributed by atoms with Crippen molar-refractivity contribution in [1.29, 1.82) is 0 Å². The maximum absolute atomic E-state index is 13.6. The van der Waals surface area contributed by atoms with Crippen molar-refractivity contribution in [1.82, 2.24) is 15.0 Å². The lowest BCUT2D eigenvalue weighted by atomic mass is 10.0. The number of allylic oxidation sites excluding steroid dienone is 1. The molecule has 0 fully saturated rings. The summed E-state index contributed by atoms with van der Waals surface area (Å²) in [4.78, 5) is 40.4. The summed E-state index contributed by atoms with van der Waals surface area (Å²) in [6.45, 7) is 5.60. The predicted molar refractivity (Wildman–Crippen MR) is 140 cm³/mol. The first kappa shape index (κ1) is 22.4. The summed E-state index contributed by atoms with van der Waals surface area (Å²) in [6, 6.07) is 11.3. The van der Waals surface area contributed by atoms with Gasteiger partial charge >= 0.3 is 5.97 Å². The number of aromatic amines is 1. The van der Waals surface area contributed by atoms with Crippen LogP contribution in [-0.4, -0.2) is 20.9 Å². The van der Waals surface area contributed by atoms with Gasteiger partial charge < -0.3 is 14.1 Å². The number of carbonyl (C=O) groups excluding carboxylic acids is 1. The van der Waals surface area contributed by atoms with Crippen molar-refractivity contribution in [2.75, 3.05) is 0 Å². The van der Waals surface area contributed by atoms with Crippen molar-refractivity contribution < 1.29 is 13.9 Å². The van der Waals surface area contributed by atoms with Crippen molar-refractivity contribution in [3.63, 3.8) is 0 Å². The van der Waals surface area contributed by atoms with Gasteiger partial charge in [0.25, 0.3) is 5.56 Å². The minimum atomic E-state index is -0.737. The van der Waals surface area contributed by atoms with Crippen molar-refractivity contribution in [2.24, 2.45) is 0 Å². The number of para-hydroxylation sites is 1. The summed E-state index contributed by atoms with van der Waals surface area (Å²) in [7, 11) is 0. The summed E-state index contributed by atoms with van der Waals surface area (Å²) >= 11 is 1.47. The molecule has 0 unspecified atom stereocenters. The molecule has 4 aromatic heterocycles. The third kappa shape index (κ3) is 3.65. The first-order valence-corrected chi connectivity index (χ1v) is 12.6. The van der Waals surface area contributed by atoms with Crippen LogP contribution in [0, 0.1) is 13.8 Å². The molecule has 8 heteroatoms. The minimum Gasteiger partial charge on any atom is -0.465 e. The molecule has 1 aliphatic rings. The number of hydrogen-bond donors (Lipinski definition) is 1. The van der Waals surface area contributed by atoms with Gasteiger partial charge in [0, 0.05) is 10.3 Å². The Morgan fingerprint density at radius 3 is 2.81 bits per heavy atom. The average molecular weight is 498 g/mol. The van der Waals surface area contributed by atoms with Gasteiger partial charge in [-0.1, -0.05) is 18.2 Å². The van der Waals surface area contributed by atoms with Gasteiger partial charge in [-0.05, 0) is 74.6 Å². The number of hydrogen-bond acceptors (Lipinski definition) is 7. The molecule has 4 heterocycles. The van der Waals surface area contributed by atoms with E-state index in [-0.39, 0.29) is 5.56 Å². The van der Waals surface area contributed by atoms with Gasteiger partial charge in [-0.25, -0.2) is 14.8 Å². The monoisotopic (exact) mass is 497 g/mol. The molecule has 0 spiro atoms. The third-order valence-electron chi connectivity index (χ3n) is 6.73. The van der Waals surface area contributed by atoms with Crippen LogP contribution < -0.4 is 5.56 Å². The number of benzene rings is 1. The number of fused-ring (bicyclic) bond motifs is 3. The van der Waals surface area contributed by atoms with Crippen LogP contribution in [0.1, 0.15) is 63.1 Å². The summed E-state index contributed by atoms with van der Waals surface area (Å²) in [5.74, 6) is 0.614. The van der Waals surface area contributed by atoms with Gasteiger partial charge in [-0.3, -0.25) is 4.79 Å². The van der Waals surface area contributed by atoms with E-state index < -0.39 is 12.1 Å². The number of carbonyl (C=O) groups is 1. The molecule has 7 nitrogen and oxygen atoms in total. The maximum Gasteiger partial charge on any atom is 0.339 e. The zero-order chi connectivity index (χ0) is 25.0. The molecule has 1 N–H and O–H groups in total. The van der Waals surface area contributed by atoms with Gasteiger partial charge in [0.05, 0.1) is 28.4 Å². The molecule has 36 heavy (non-hydrogen) atoms. The van der Waals surface area contributed by atoms with E-state index in [9.17, 15) is 9.59 Å². The number of rotatable bonds is 4. The maximum atomic E-state index is 13.6. The van der Waals surface area contributed by atoms with Gasteiger partial charge in [-0.2, -0.15) is 0 Å². The average Bonchev–Trinajstić information content (AvgIpc) is 3.58. The fourth-order valence-corrected chi connectivity index (χ4v) is 5.83. The predicted octanol–water partition coefficient (Wildman–Crippen LogP) is 6.15. The Labute approximate surface area is 210 Å². The normalized spacial score (nSPS) is 15.0. The second-order valence-corrected chi connectivity index (χ2v) is 10.2. The standard InChI is InChI=1S/C28H23N3O4S/c1-14-16(3)36-27-22(14)26(32)30-25(31-27)15(2)35-28(33)23-19-8-4-5-9-21(19)29-24-17(10-11-20(23)24)13-18-7-6-12-34-18/h4-9,12-13,15H,10-11H2,1-3H3,(H,30,31,32)/b17-13+/t15-/m1/s1. The number of pyridine rings is 1. The number of H-pyrrole nitrogens is 1. The lowest BCUT2D eigenvalue weighted by Gasteiger charge is -2.16. The smallest absolute Gasteiger partial charge is 0.339 e. The Balaban J connectivity index is 1.40. The zero-order valence-corrected chi connectivity index (χ0v) is 20.9. The third-order valence-corrected chi connectivity index (χ3v) is 7.83. The van der Waals surface area contributed by atoms with Crippen molar-refractivity contribution in [3.05, 3.63) is 91.9 Å². The van der Waals surface area contributed by atoms with Crippen LogP contribution in [0.15, 0.2) is 51.9 Å². The number of aryl methyl sites for hydroxylation is 2. The second kappa shape index (κ2) is 8.57. The number of ether oxygens (including phenoxy) is 1. The minimum absolute atomic E-state index is 0.220. The molecule has 1 atom stereocenters. The zero-order valence-electron chi connectivity index (χ0n) is 20.0. The lowest BCUT2D eigenvalue weighted by Crippen LogP contribution is -2.18. The van der Waals surface area contributed by atoms with E-state index in [1.54, 1.807) is 13.2 Å². The topological polar surface area (TPSA) is 98.1 Å². The van der Waals surface area contributed by atoms with Crippen LogP contribution in [0.3, 0.4) is 0 Å². The Hall–Kier alpha value is -4.04. The van der Waals surface area contributed by atoms with E-state index in [0.717, 1.165) is 50.4 Å². The van der Waals surface area contributed by atoms with Crippen molar-refractivity contribution in [3.8, 4) is 0 Å². The Bertz CT molecular complexity index is 1740. The van der Waals surface area contributed by atoms with Crippen LogP contribution >= 0.6 is 11.3 Å². The molecular weight excluding hydrogens is 474 g/mol. The molecular formula is C28H23N3O4S. The van der Waals surface area contributed by atoms with Crippen LogP contribution in [0.2, 0.25) is 0 Å². The molecule has 0 saturated carbocycles. The number of nitrogens with zero attached hydrogens (tertiary/aromatic N) is 2. The molecule has 1 aliphatic carbocycles. The molecule has 0 radical (unpaired) electrons. The number of furan rings is 1. The molecule has 0 amide bonds. The fourth-order valence-electron chi connectivity index (χ4n) is 4.80. The Morgan fingerprint density at radius 2 is 2.00 bits per heavy atom. The van der Waals surface area contributed by atoms with E-state index >= 15 is 0 Å². The second-order valence-electron chi connectivity index (χ2n) is 8.98. The van der Waals surface area contributed by atoms with Crippen LogP contribution in [0.25, 0.3) is 32.8 Å². The summed E-state index contributed by atoms with van der Waals surface area (Å²) in [6.07, 6.45) is 4.29. The summed E-state index contributed by atoms with van der Waals surface area (Å²) in [5, 5.41) is 1.34. The number of thiophene rings is 1. The van der Waals surface area contributed by atoms with E-state index in [4.69, 9.17) is 14.1 Å². The lowest BCUT2D eigenvalue weighted by molar-refractivity contribution is 0.0321. The molecule has 1 aromatic carbocycles. The first-order chi connectivity index (χ1) is 17.4. The SMILES string of the molecule is Cc1sc2nc([C@@H](C)OC(=O)c3c4c(nc5ccccc35)/C(=C/c3ccco3)CC4)[nH]c(=O)c2c1C. The number of aromatic nitrogens is 3. The molecule has 6 rings (SSSR count). The fraction of sp³-hybridized carbons (Fsp3) is 0.214. The van der Waals surface area contributed by atoms with Gasteiger partial charge in [-0.15, -0.1) is 11.3 Å². The number of esters is 1. The van der Waals surface area contributed by atoms with Crippen LogP contribution in [0.4, 0.5) is 0 Å². The molecule has 0 saturated heterocycles. The Morgan fingerprint density at radius 1 is 1.17 bits per heavy atom. The van der Waals surface area contributed by atoms with Gasteiger partial charge in [0.2, 0.25) is 0 Å². The molecule has 0 aliphatic heterocycles. The quantitative estimate of drug-likeness (QED) is 0.299. The molecule has 5 aromatic rings. The highest BCUT2D eigenvalue weighted by atomic mass is 32.1. The summed E-state index contributed by atoms with van der Waals surface area (Å²) in [5.41, 5.74) is 4.62. The van der Waals surface area contributed by atoms with Crippen LogP contribution in [0.5, 0.6) is 0 Å². The largest absolute Gasteiger partial charge is 0.465 e.